The first kappa shape index (κ1) is 17.7. The van der Waals surface area contributed by atoms with Gasteiger partial charge < -0.3 is 15.8 Å². The summed E-state index contributed by atoms with van der Waals surface area (Å²) in [5, 5.41) is 5.06. The van der Waals surface area contributed by atoms with Gasteiger partial charge in [0.15, 0.2) is 0 Å². The topological polar surface area (TPSA) is 64.4 Å². The number of hydrogen-bond acceptors (Lipinski definition) is 4. The lowest BCUT2D eigenvalue weighted by Gasteiger charge is -2.33. The normalized spacial score (nSPS) is 23.3. The third-order valence-corrected chi connectivity index (χ3v) is 5.79. The molecule has 124 valence electrons. The van der Waals surface area contributed by atoms with Crippen molar-refractivity contribution in [3.05, 3.63) is 21.4 Å². The van der Waals surface area contributed by atoms with Crippen molar-refractivity contribution in [1.82, 2.24) is 5.32 Å². The number of nitrogens with one attached hydrogen (secondary N) is 1. The zero-order valence-electron chi connectivity index (χ0n) is 13.0. The molecule has 6 heteroatoms. The van der Waals surface area contributed by atoms with Crippen LogP contribution in [0.2, 0.25) is 0 Å². The van der Waals surface area contributed by atoms with Crippen molar-refractivity contribution in [1.29, 1.82) is 0 Å². The van der Waals surface area contributed by atoms with Gasteiger partial charge in [-0.05, 0) is 43.6 Å². The number of hydrogen-bond donors (Lipinski definition) is 2. The third-order valence-electron chi connectivity index (χ3n) is 4.74. The van der Waals surface area contributed by atoms with Crippen LogP contribution in [0.15, 0.2) is 5.38 Å². The minimum absolute atomic E-state index is 0. The number of halogens is 1. The molecule has 1 aliphatic carbocycles. The standard InChI is InChI=1S/C16H24N2O2S.ClH/c1-11-2-3-12-13(9-21-14(12)8-11)15(19)18-10-16(17)4-6-20-7-5-16;/h9,11H,2-8,10,17H2,1H3,(H,18,19);1H/t11-;/m0./s1. The molecule has 1 fully saturated rings. The van der Waals surface area contributed by atoms with Gasteiger partial charge in [0, 0.05) is 35.6 Å². The van der Waals surface area contributed by atoms with E-state index in [-0.39, 0.29) is 23.9 Å². The van der Waals surface area contributed by atoms with E-state index >= 15 is 0 Å². The summed E-state index contributed by atoms with van der Waals surface area (Å²) in [5.41, 5.74) is 8.16. The quantitative estimate of drug-likeness (QED) is 0.885. The van der Waals surface area contributed by atoms with Gasteiger partial charge in [-0.15, -0.1) is 23.7 Å². The Kier molecular flexibility index (Phi) is 5.88. The Morgan fingerprint density at radius 1 is 1.50 bits per heavy atom. The molecular weight excluding hydrogens is 320 g/mol. The number of ether oxygens (including phenoxy) is 1. The summed E-state index contributed by atoms with van der Waals surface area (Å²) in [6.07, 6.45) is 4.96. The van der Waals surface area contributed by atoms with Crippen molar-refractivity contribution in [3.8, 4) is 0 Å². The van der Waals surface area contributed by atoms with Crippen LogP contribution >= 0.6 is 23.7 Å². The number of carbonyl (C=O) groups is 1. The maximum absolute atomic E-state index is 12.5. The Bertz CT molecular complexity index is 526. The van der Waals surface area contributed by atoms with Crippen LogP contribution in [0, 0.1) is 5.92 Å². The Labute approximate surface area is 142 Å². The Morgan fingerprint density at radius 2 is 2.23 bits per heavy atom. The molecule has 1 amide bonds. The molecule has 1 aromatic heterocycles. The summed E-state index contributed by atoms with van der Waals surface area (Å²) in [6, 6.07) is 0. The highest BCUT2D eigenvalue weighted by Crippen LogP contribution is 2.32. The molecule has 0 spiro atoms. The largest absolute Gasteiger partial charge is 0.381 e. The lowest BCUT2D eigenvalue weighted by Crippen LogP contribution is -2.53. The first-order valence-electron chi connectivity index (χ1n) is 7.81. The SMILES string of the molecule is C[C@H]1CCc2c(C(=O)NCC3(N)CCOCC3)csc2C1.Cl. The number of carbonyl (C=O) groups excluding carboxylic acids is 1. The number of thiophene rings is 1. The molecule has 1 atom stereocenters. The zero-order valence-corrected chi connectivity index (χ0v) is 14.7. The molecule has 0 saturated carbocycles. The Morgan fingerprint density at radius 3 is 2.95 bits per heavy atom. The van der Waals surface area contributed by atoms with Gasteiger partial charge in [0.2, 0.25) is 0 Å². The number of nitrogens with two attached hydrogens (primary N) is 1. The van der Waals surface area contributed by atoms with Gasteiger partial charge >= 0.3 is 0 Å². The van der Waals surface area contributed by atoms with Crippen molar-refractivity contribution >= 4 is 29.7 Å². The average Bonchev–Trinajstić information content (AvgIpc) is 2.88. The molecule has 4 nitrogen and oxygen atoms in total. The summed E-state index contributed by atoms with van der Waals surface area (Å²) < 4.78 is 5.34. The smallest absolute Gasteiger partial charge is 0.252 e. The summed E-state index contributed by atoms with van der Waals surface area (Å²) >= 11 is 1.73. The molecule has 22 heavy (non-hydrogen) atoms. The minimum Gasteiger partial charge on any atom is -0.381 e. The van der Waals surface area contributed by atoms with Crippen molar-refractivity contribution < 1.29 is 9.53 Å². The van der Waals surface area contributed by atoms with Gasteiger partial charge in [-0.25, -0.2) is 0 Å². The van der Waals surface area contributed by atoms with E-state index in [4.69, 9.17) is 10.5 Å². The molecule has 2 aliphatic rings. The van der Waals surface area contributed by atoms with Crippen LogP contribution in [0.25, 0.3) is 0 Å². The summed E-state index contributed by atoms with van der Waals surface area (Å²) in [4.78, 5) is 13.8. The highest BCUT2D eigenvalue weighted by atomic mass is 35.5. The Hall–Kier alpha value is -0.620. The van der Waals surface area contributed by atoms with Gasteiger partial charge in [-0.3, -0.25) is 4.79 Å². The highest BCUT2D eigenvalue weighted by Gasteiger charge is 2.29. The second-order valence-electron chi connectivity index (χ2n) is 6.56. The maximum atomic E-state index is 12.5. The summed E-state index contributed by atoms with van der Waals surface area (Å²) in [5.74, 6) is 0.778. The van der Waals surface area contributed by atoms with E-state index in [2.05, 4.69) is 12.2 Å². The van der Waals surface area contributed by atoms with Crippen molar-refractivity contribution in [3.63, 3.8) is 0 Å². The van der Waals surface area contributed by atoms with Crippen LogP contribution in [0.5, 0.6) is 0 Å². The highest BCUT2D eigenvalue weighted by molar-refractivity contribution is 7.10. The third kappa shape index (κ3) is 3.82. The van der Waals surface area contributed by atoms with Gasteiger partial charge in [0.05, 0.1) is 5.56 Å². The second-order valence-corrected chi connectivity index (χ2v) is 7.52. The van der Waals surface area contributed by atoms with Crippen LogP contribution in [-0.2, 0) is 17.6 Å². The molecule has 1 aromatic rings. The Balaban J connectivity index is 0.00000176. The fraction of sp³-hybridized carbons (Fsp3) is 0.688. The van der Waals surface area contributed by atoms with E-state index in [1.54, 1.807) is 11.3 Å². The van der Waals surface area contributed by atoms with Crippen LogP contribution in [0.4, 0.5) is 0 Å². The number of rotatable bonds is 3. The predicted molar refractivity (Wildman–Crippen MR) is 92.1 cm³/mol. The van der Waals surface area contributed by atoms with E-state index < -0.39 is 0 Å². The number of fused-ring (bicyclic) bond motifs is 1. The molecule has 1 saturated heterocycles. The lowest BCUT2D eigenvalue weighted by atomic mass is 9.88. The van der Waals surface area contributed by atoms with Crippen LogP contribution in [0.1, 0.15) is 47.0 Å². The fourth-order valence-corrected chi connectivity index (χ4v) is 4.42. The van der Waals surface area contributed by atoms with E-state index in [0.29, 0.717) is 19.8 Å². The molecular formula is C16H25ClN2O2S. The van der Waals surface area contributed by atoms with Gasteiger partial charge in [-0.2, -0.15) is 0 Å². The van der Waals surface area contributed by atoms with E-state index in [1.807, 2.05) is 5.38 Å². The van der Waals surface area contributed by atoms with Crippen LogP contribution < -0.4 is 11.1 Å². The van der Waals surface area contributed by atoms with E-state index in [0.717, 1.165) is 37.2 Å². The van der Waals surface area contributed by atoms with Gasteiger partial charge in [-0.1, -0.05) is 6.92 Å². The first-order chi connectivity index (χ1) is 10.1. The maximum Gasteiger partial charge on any atom is 0.252 e. The molecule has 0 bridgehead atoms. The summed E-state index contributed by atoms with van der Waals surface area (Å²) in [6.45, 7) is 4.21. The second kappa shape index (κ2) is 7.30. The van der Waals surface area contributed by atoms with Crippen molar-refractivity contribution in [2.24, 2.45) is 11.7 Å². The van der Waals surface area contributed by atoms with E-state index in [9.17, 15) is 4.79 Å². The minimum atomic E-state index is -0.307. The molecule has 0 aromatic carbocycles. The number of amides is 1. The molecule has 1 aliphatic heterocycles. The van der Waals surface area contributed by atoms with Crippen molar-refractivity contribution in [2.45, 2.75) is 44.6 Å². The predicted octanol–water partition coefficient (Wildman–Crippen LogP) is 2.53. The monoisotopic (exact) mass is 344 g/mol. The molecule has 0 unspecified atom stereocenters. The summed E-state index contributed by atoms with van der Waals surface area (Å²) in [7, 11) is 0. The van der Waals surface area contributed by atoms with Gasteiger partial charge in [0.25, 0.3) is 5.91 Å². The zero-order chi connectivity index (χ0) is 14.9. The van der Waals surface area contributed by atoms with Crippen LogP contribution in [0.3, 0.4) is 0 Å². The lowest BCUT2D eigenvalue weighted by molar-refractivity contribution is 0.0518. The van der Waals surface area contributed by atoms with E-state index in [1.165, 1.54) is 16.9 Å². The average molecular weight is 345 g/mol. The first-order valence-corrected chi connectivity index (χ1v) is 8.69. The fourth-order valence-electron chi connectivity index (χ4n) is 3.17. The molecule has 0 radical (unpaired) electrons. The van der Waals surface area contributed by atoms with Crippen molar-refractivity contribution in [2.75, 3.05) is 19.8 Å². The molecule has 2 heterocycles. The molecule has 3 rings (SSSR count). The van der Waals surface area contributed by atoms with Gasteiger partial charge in [0.1, 0.15) is 0 Å². The molecule has 3 N–H and O–H groups in total. The van der Waals surface area contributed by atoms with Crippen LogP contribution in [-0.4, -0.2) is 31.2 Å².